The van der Waals surface area contributed by atoms with Crippen molar-refractivity contribution >= 4 is 39.1 Å². The number of aromatic amines is 2. The zero-order valence-corrected chi connectivity index (χ0v) is 22.1. The van der Waals surface area contributed by atoms with E-state index < -0.39 is 12.0 Å². The molecule has 1 atom stereocenters. The molecule has 192 valence electrons. The zero-order chi connectivity index (χ0) is 26.6. The van der Waals surface area contributed by atoms with Crippen molar-refractivity contribution in [2.24, 2.45) is 5.41 Å². The Hall–Kier alpha value is -4.15. The van der Waals surface area contributed by atoms with Crippen molar-refractivity contribution in [1.29, 1.82) is 0 Å². The van der Waals surface area contributed by atoms with E-state index in [1.807, 2.05) is 26.8 Å². The van der Waals surface area contributed by atoms with Crippen molar-refractivity contribution in [3.05, 3.63) is 65.7 Å². The second kappa shape index (κ2) is 9.00. The Kier molecular flexibility index (Phi) is 5.73. The first-order chi connectivity index (χ1) is 18.2. The molecular weight excluding hydrogens is 501 g/mol. The molecule has 1 unspecified atom stereocenters. The van der Waals surface area contributed by atoms with E-state index in [2.05, 4.69) is 54.5 Å². The predicted molar refractivity (Wildman–Crippen MR) is 149 cm³/mol. The van der Waals surface area contributed by atoms with Gasteiger partial charge in [0.05, 0.1) is 28.3 Å². The average Bonchev–Trinajstić information content (AvgIpc) is 3.61. The zero-order valence-electron chi connectivity index (χ0n) is 21.3. The summed E-state index contributed by atoms with van der Waals surface area (Å²) in [6.07, 6.45) is 4.13. The van der Waals surface area contributed by atoms with Gasteiger partial charge < -0.3 is 15.4 Å². The molecule has 38 heavy (non-hydrogen) atoms. The molecule has 6 aromatic rings. The molecule has 0 aliphatic carbocycles. The van der Waals surface area contributed by atoms with Gasteiger partial charge in [-0.3, -0.25) is 10.1 Å². The van der Waals surface area contributed by atoms with Gasteiger partial charge in [-0.15, -0.1) is 11.3 Å². The van der Waals surface area contributed by atoms with Crippen molar-refractivity contribution in [2.75, 3.05) is 5.32 Å². The van der Waals surface area contributed by atoms with Gasteiger partial charge in [-0.05, 0) is 43.3 Å². The molecule has 0 aliphatic heterocycles. The quantitative estimate of drug-likeness (QED) is 0.190. The van der Waals surface area contributed by atoms with Crippen LogP contribution in [0.4, 0.5) is 10.1 Å². The number of aromatic nitrogens is 6. The van der Waals surface area contributed by atoms with Crippen molar-refractivity contribution in [2.45, 2.75) is 33.9 Å². The van der Waals surface area contributed by atoms with E-state index in [1.165, 1.54) is 4.88 Å². The standard InChI is InChI=1S/C28H26FN7OS/c1-14-5-8-20(38-14)18-9-10-31-25-23(18)33-26(34-25)24-21-19(35-36-24)7-6-17(22(21)29)15-11-16(13-30-12-15)32-27(37)28(2,3)4/h5-13,27,32,37H,1-4H3,(H,35,36)(H,31,33,34). The van der Waals surface area contributed by atoms with Crippen LogP contribution in [0.3, 0.4) is 0 Å². The van der Waals surface area contributed by atoms with Crippen molar-refractivity contribution in [1.82, 2.24) is 30.1 Å². The highest BCUT2D eigenvalue weighted by atomic mass is 32.1. The van der Waals surface area contributed by atoms with Gasteiger partial charge in [0, 0.05) is 44.3 Å². The maximum absolute atomic E-state index is 16.1. The number of hydrogen-bond acceptors (Lipinski definition) is 7. The first kappa shape index (κ1) is 24.2. The van der Waals surface area contributed by atoms with Gasteiger partial charge in [-0.1, -0.05) is 20.8 Å². The monoisotopic (exact) mass is 527 g/mol. The molecule has 0 spiro atoms. The maximum atomic E-state index is 16.1. The second-order valence-corrected chi connectivity index (χ2v) is 11.6. The number of benzene rings is 1. The summed E-state index contributed by atoms with van der Waals surface area (Å²) in [7, 11) is 0. The van der Waals surface area contributed by atoms with Crippen molar-refractivity contribution in [3.8, 4) is 33.1 Å². The molecule has 0 aliphatic rings. The van der Waals surface area contributed by atoms with E-state index in [-0.39, 0.29) is 5.41 Å². The third-order valence-corrected chi connectivity index (χ3v) is 7.50. The van der Waals surface area contributed by atoms with E-state index in [0.29, 0.717) is 44.9 Å². The molecule has 4 N–H and O–H groups in total. The molecule has 10 heteroatoms. The summed E-state index contributed by atoms with van der Waals surface area (Å²) >= 11 is 1.69. The van der Waals surface area contributed by atoms with Gasteiger partial charge in [0.2, 0.25) is 0 Å². The summed E-state index contributed by atoms with van der Waals surface area (Å²) in [6, 6.07) is 11.3. The lowest BCUT2D eigenvalue weighted by atomic mass is 9.94. The Balaban J connectivity index is 1.43. The highest BCUT2D eigenvalue weighted by Crippen LogP contribution is 2.36. The van der Waals surface area contributed by atoms with E-state index in [0.717, 1.165) is 16.0 Å². The topological polar surface area (TPSA) is 115 Å². The number of hydrogen-bond donors (Lipinski definition) is 4. The van der Waals surface area contributed by atoms with Crippen LogP contribution in [0.2, 0.25) is 0 Å². The maximum Gasteiger partial charge on any atom is 0.178 e. The summed E-state index contributed by atoms with van der Waals surface area (Å²) in [5.74, 6) is -0.0125. The molecule has 1 aromatic carbocycles. The first-order valence-electron chi connectivity index (χ1n) is 12.2. The molecule has 0 radical (unpaired) electrons. The molecular formula is C28H26FN7OS. The number of imidazole rings is 1. The minimum Gasteiger partial charge on any atom is -0.373 e. The highest BCUT2D eigenvalue weighted by Gasteiger charge is 2.23. The van der Waals surface area contributed by atoms with Crippen LogP contribution in [0.25, 0.3) is 55.2 Å². The van der Waals surface area contributed by atoms with Crippen LogP contribution >= 0.6 is 11.3 Å². The third-order valence-electron chi connectivity index (χ3n) is 6.46. The first-order valence-corrected chi connectivity index (χ1v) is 13.0. The fraction of sp³-hybridized carbons (Fsp3) is 0.214. The van der Waals surface area contributed by atoms with Crippen molar-refractivity contribution < 1.29 is 9.50 Å². The Labute approximate surface area is 222 Å². The van der Waals surface area contributed by atoms with E-state index >= 15 is 4.39 Å². The smallest absolute Gasteiger partial charge is 0.178 e. The number of anilines is 1. The minimum absolute atomic E-state index is 0.322. The number of fused-ring (bicyclic) bond motifs is 2. The van der Waals surface area contributed by atoms with Crippen LogP contribution in [0, 0.1) is 18.2 Å². The SMILES string of the molecule is Cc1ccc(-c2ccnc3nc(-c4n[nH]c5ccc(-c6cncc(NC(O)C(C)(C)C)c6)c(F)c45)[nH]c23)s1. The van der Waals surface area contributed by atoms with E-state index in [9.17, 15) is 5.11 Å². The number of aliphatic hydroxyl groups is 1. The average molecular weight is 528 g/mol. The number of rotatable bonds is 5. The summed E-state index contributed by atoms with van der Waals surface area (Å²) in [6.45, 7) is 7.84. The Morgan fingerprint density at radius 2 is 1.92 bits per heavy atom. The molecule has 5 aromatic heterocycles. The van der Waals surface area contributed by atoms with Crippen LogP contribution < -0.4 is 5.32 Å². The summed E-state index contributed by atoms with van der Waals surface area (Å²) < 4.78 is 16.1. The molecule has 0 bridgehead atoms. The number of nitrogens with zero attached hydrogens (tertiary/aromatic N) is 4. The Morgan fingerprint density at radius 3 is 2.68 bits per heavy atom. The number of pyridine rings is 2. The normalized spacial score (nSPS) is 12.9. The largest absolute Gasteiger partial charge is 0.373 e. The molecule has 0 fully saturated rings. The fourth-order valence-electron chi connectivity index (χ4n) is 4.32. The summed E-state index contributed by atoms with van der Waals surface area (Å²) in [5.41, 5.74) is 4.38. The molecule has 6 rings (SSSR count). The van der Waals surface area contributed by atoms with Crippen LogP contribution in [0.15, 0.2) is 55.0 Å². The van der Waals surface area contributed by atoms with Crippen LogP contribution in [0.5, 0.6) is 0 Å². The number of H-pyrrole nitrogens is 2. The third kappa shape index (κ3) is 4.21. The molecule has 0 amide bonds. The Bertz CT molecular complexity index is 1800. The number of aryl methyl sites for hydroxylation is 1. The summed E-state index contributed by atoms with van der Waals surface area (Å²) in [4.78, 5) is 19.0. The van der Waals surface area contributed by atoms with Gasteiger partial charge in [0.1, 0.15) is 17.7 Å². The lowest BCUT2D eigenvalue weighted by molar-refractivity contribution is 0.0880. The van der Waals surface area contributed by atoms with Gasteiger partial charge in [-0.25, -0.2) is 14.4 Å². The molecule has 0 saturated heterocycles. The fourth-order valence-corrected chi connectivity index (χ4v) is 5.21. The highest BCUT2D eigenvalue weighted by molar-refractivity contribution is 7.15. The second-order valence-electron chi connectivity index (χ2n) is 10.3. The van der Waals surface area contributed by atoms with Gasteiger partial charge in [-0.2, -0.15) is 5.10 Å². The number of halogens is 1. The van der Waals surface area contributed by atoms with E-state index in [1.54, 1.807) is 48.1 Å². The molecule has 5 heterocycles. The summed E-state index contributed by atoms with van der Waals surface area (Å²) in [5, 5.41) is 21.1. The van der Waals surface area contributed by atoms with Crippen LogP contribution in [-0.2, 0) is 0 Å². The van der Waals surface area contributed by atoms with Gasteiger partial charge in [0.15, 0.2) is 11.5 Å². The lowest BCUT2D eigenvalue weighted by Gasteiger charge is -2.27. The minimum atomic E-state index is -0.794. The van der Waals surface area contributed by atoms with E-state index in [4.69, 9.17) is 0 Å². The number of thiophene rings is 1. The Morgan fingerprint density at radius 1 is 1.08 bits per heavy atom. The molecule has 0 saturated carbocycles. The number of nitrogens with one attached hydrogen (secondary N) is 3. The van der Waals surface area contributed by atoms with Crippen molar-refractivity contribution in [3.63, 3.8) is 0 Å². The number of aliphatic hydroxyl groups excluding tert-OH is 1. The molecule has 8 nitrogen and oxygen atoms in total. The lowest BCUT2D eigenvalue weighted by Crippen LogP contribution is -2.33. The van der Waals surface area contributed by atoms with Crippen LogP contribution in [0.1, 0.15) is 25.6 Å². The van der Waals surface area contributed by atoms with Gasteiger partial charge in [0.25, 0.3) is 0 Å². The van der Waals surface area contributed by atoms with Gasteiger partial charge >= 0.3 is 0 Å². The van der Waals surface area contributed by atoms with Crippen LogP contribution in [-0.4, -0.2) is 41.5 Å². The predicted octanol–water partition coefficient (Wildman–Crippen LogP) is 6.52.